The second-order valence-electron chi connectivity index (χ2n) is 8.02. The molecule has 2 heterocycles. The molecule has 1 aromatic heterocycles. The number of aromatic nitrogens is 2. The second kappa shape index (κ2) is 9.37. The second-order valence-corrected chi connectivity index (χ2v) is 8.02. The van der Waals surface area contributed by atoms with Gasteiger partial charge in [-0.05, 0) is 39.8 Å². The van der Waals surface area contributed by atoms with Crippen molar-refractivity contribution in [1.82, 2.24) is 19.5 Å². The Morgan fingerprint density at radius 2 is 1.90 bits per heavy atom. The molecule has 0 bridgehead atoms. The molecule has 8 heteroatoms. The molecular weight excluding hydrogens is 372 g/mol. The lowest BCUT2D eigenvalue weighted by Gasteiger charge is -2.35. The van der Waals surface area contributed by atoms with Crippen LogP contribution < -0.4 is 5.76 Å². The molecule has 1 fully saturated rings. The summed E-state index contributed by atoms with van der Waals surface area (Å²) in [6, 6.07) is 9.48. The standard InChI is InChI=1S/C21H30N4O4/c1-15(2)23(3)20(27)17-9-11-24(12-10-17)13-18(26)14-25-19(22-29-21(25)28)16-7-5-4-6-8-16/h4-8,15,17-18,26H,9-14H2,1-3H3. The number of aliphatic hydroxyl groups is 1. The fourth-order valence-electron chi connectivity index (χ4n) is 3.70. The molecule has 1 unspecified atom stereocenters. The van der Waals surface area contributed by atoms with Crippen LogP contribution in [0.15, 0.2) is 39.6 Å². The van der Waals surface area contributed by atoms with E-state index in [2.05, 4.69) is 10.1 Å². The van der Waals surface area contributed by atoms with Gasteiger partial charge in [-0.25, -0.2) is 4.79 Å². The number of carbonyl (C=O) groups is 1. The summed E-state index contributed by atoms with van der Waals surface area (Å²) >= 11 is 0. The van der Waals surface area contributed by atoms with E-state index >= 15 is 0 Å². The molecule has 1 amide bonds. The molecule has 29 heavy (non-hydrogen) atoms. The average Bonchev–Trinajstić information content (AvgIpc) is 3.08. The van der Waals surface area contributed by atoms with Crippen LogP contribution >= 0.6 is 0 Å². The molecule has 1 aliphatic rings. The molecule has 1 saturated heterocycles. The summed E-state index contributed by atoms with van der Waals surface area (Å²) in [4.78, 5) is 28.5. The number of rotatable bonds is 7. The molecule has 0 aliphatic carbocycles. The molecule has 2 aromatic rings. The van der Waals surface area contributed by atoms with Gasteiger partial charge in [0.15, 0.2) is 5.82 Å². The Kier molecular flexibility index (Phi) is 6.87. The molecule has 3 rings (SSSR count). The third-order valence-corrected chi connectivity index (χ3v) is 5.64. The molecule has 8 nitrogen and oxygen atoms in total. The summed E-state index contributed by atoms with van der Waals surface area (Å²) in [5.41, 5.74) is 0.763. The van der Waals surface area contributed by atoms with Crippen LogP contribution in [0.3, 0.4) is 0 Å². The van der Waals surface area contributed by atoms with E-state index in [4.69, 9.17) is 4.52 Å². The number of nitrogens with zero attached hydrogens (tertiary/aromatic N) is 4. The number of likely N-dealkylation sites (tertiary alicyclic amines) is 1. The van der Waals surface area contributed by atoms with E-state index in [0.29, 0.717) is 12.4 Å². The van der Waals surface area contributed by atoms with Crippen molar-refractivity contribution in [2.75, 3.05) is 26.7 Å². The molecule has 1 N–H and O–H groups in total. The highest BCUT2D eigenvalue weighted by molar-refractivity contribution is 5.78. The lowest BCUT2D eigenvalue weighted by molar-refractivity contribution is -0.137. The van der Waals surface area contributed by atoms with Crippen LogP contribution in [0, 0.1) is 5.92 Å². The van der Waals surface area contributed by atoms with Crippen LogP contribution in [0.1, 0.15) is 26.7 Å². The lowest BCUT2D eigenvalue weighted by atomic mass is 9.94. The van der Waals surface area contributed by atoms with E-state index in [1.807, 2.05) is 51.2 Å². The Morgan fingerprint density at radius 1 is 1.24 bits per heavy atom. The third kappa shape index (κ3) is 5.13. The van der Waals surface area contributed by atoms with Crippen molar-refractivity contribution in [3.8, 4) is 11.4 Å². The normalized spacial score (nSPS) is 16.9. The molecular formula is C21H30N4O4. The SMILES string of the molecule is CC(C)N(C)C(=O)C1CCN(CC(O)Cn2c(-c3ccccc3)noc2=O)CC1. The van der Waals surface area contributed by atoms with Crippen molar-refractivity contribution in [1.29, 1.82) is 0 Å². The van der Waals surface area contributed by atoms with Gasteiger partial charge in [-0.1, -0.05) is 35.5 Å². The van der Waals surface area contributed by atoms with Gasteiger partial charge in [0.05, 0.1) is 12.6 Å². The highest BCUT2D eigenvalue weighted by Gasteiger charge is 2.29. The van der Waals surface area contributed by atoms with Crippen molar-refractivity contribution in [2.24, 2.45) is 5.92 Å². The lowest BCUT2D eigenvalue weighted by Crippen LogP contribution is -2.45. The number of hydrogen-bond donors (Lipinski definition) is 1. The molecule has 1 atom stereocenters. The monoisotopic (exact) mass is 402 g/mol. The first-order valence-electron chi connectivity index (χ1n) is 10.2. The first-order valence-corrected chi connectivity index (χ1v) is 10.2. The van der Waals surface area contributed by atoms with E-state index in [-0.39, 0.29) is 24.4 Å². The summed E-state index contributed by atoms with van der Waals surface area (Å²) in [7, 11) is 1.85. The number of benzene rings is 1. The molecule has 1 aromatic carbocycles. The zero-order valence-electron chi connectivity index (χ0n) is 17.3. The van der Waals surface area contributed by atoms with Crippen molar-refractivity contribution in [2.45, 2.75) is 45.4 Å². The molecule has 158 valence electrons. The maximum Gasteiger partial charge on any atom is 0.441 e. The number of hydrogen-bond acceptors (Lipinski definition) is 6. The first-order chi connectivity index (χ1) is 13.9. The highest BCUT2D eigenvalue weighted by atomic mass is 16.5. The minimum absolute atomic E-state index is 0.0427. The highest BCUT2D eigenvalue weighted by Crippen LogP contribution is 2.21. The van der Waals surface area contributed by atoms with Crippen molar-refractivity contribution in [3.05, 3.63) is 40.9 Å². The first kappa shape index (κ1) is 21.3. The summed E-state index contributed by atoms with van der Waals surface area (Å²) in [5, 5.41) is 14.4. The maximum absolute atomic E-state index is 12.5. The zero-order chi connectivity index (χ0) is 21.0. The van der Waals surface area contributed by atoms with E-state index in [9.17, 15) is 14.7 Å². The quantitative estimate of drug-likeness (QED) is 0.754. The number of aliphatic hydroxyl groups excluding tert-OH is 1. The van der Waals surface area contributed by atoms with Crippen molar-refractivity contribution in [3.63, 3.8) is 0 Å². The fraction of sp³-hybridized carbons (Fsp3) is 0.571. The predicted molar refractivity (Wildman–Crippen MR) is 109 cm³/mol. The number of β-amino-alcohol motifs (C(OH)–C–C–N with tert-alkyl or cyclic N) is 1. The van der Waals surface area contributed by atoms with Gasteiger partial charge in [0, 0.05) is 31.1 Å². The van der Waals surface area contributed by atoms with E-state index in [1.54, 1.807) is 4.90 Å². The Labute approximate surface area is 170 Å². The largest absolute Gasteiger partial charge is 0.441 e. The van der Waals surface area contributed by atoms with Gasteiger partial charge in [-0.3, -0.25) is 13.9 Å². The van der Waals surface area contributed by atoms with Crippen LogP contribution in [0.2, 0.25) is 0 Å². The van der Waals surface area contributed by atoms with Crippen LogP contribution in [0.25, 0.3) is 11.4 Å². The maximum atomic E-state index is 12.5. The molecule has 0 radical (unpaired) electrons. The molecule has 1 aliphatic heterocycles. The molecule has 0 saturated carbocycles. The Balaban J connectivity index is 1.55. The van der Waals surface area contributed by atoms with E-state index < -0.39 is 11.9 Å². The number of carbonyl (C=O) groups excluding carboxylic acids is 1. The van der Waals surface area contributed by atoms with Gasteiger partial charge in [0.1, 0.15) is 0 Å². The Bertz CT molecular complexity index is 853. The van der Waals surface area contributed by atoms with E-state index in [0.717, 1.165) is 31.5 Å². The number of amides is 1. The summed E-state index contributed by atoms with van der Waals surface area (Å²) in [6.45, 7) is 6.08. The minimum Gasteiger partial charge on any atom is -0.390 e. The van der Waals surface area contributed by atoms with Crippen LogP contribution in [0.5, 0.6) is 0 Å². The third-order valence-electron chi connectivity index (χ3n) is 5.64. The summed E-state index contributed by atoms with van der Waals surface area (Å²) < 4.78 is 6.18. The van der Waals surface area contributed by atoms with Gasteiger partial charge in [-0.2, -0.15) is 0 Å². The van der Waals surface area contributed by atoms with Gasteiger partial charge in [0.25, 0.3) is 0 Å². The Hall–Kier alpha value is -2.45. The Morgan fingerprint density at radius 3 is 2.52 bits per heavy atom. The van der Waals surface area contributed by atoms with Gasteiger partial charge < -0.3 is 14.9 Å². The zero-order valence-corrected chi connectivity index (χ0v) is 17.3. The average molecular weight is 402 g/mol. The fourth-order valence-corrected chi connectivity index (χ4v) is 3.70. The molecule has 0 spiro atoms. The van der Waals surface area contributed by atoms with Crippen LogP contribution in [-0.4, -0.2) is 69.4 Å². The van der Waals surface area contributed by atoms with Gasteiger partial charge >= 0.3 is 5.76 Å². The van der Waals surface area contributed by atoms with Crippen LogP contribution in [0.4, 0.5) is 0 Å². The predicted octanol–water partition coefficient (Wildman–Crippen LogP) is 1.44. The smallest absolute Gasteiger partial charge is 0.390 e. The van der Waals surface area contributed by atoms with Gasteiger partial charge in [-0.15, -0.1) is 0 Å². The topological polar surface area (TPSA) is 91.8 Å². The minimum atomic E-state index is -0.736. The summed E-state index contributed by atoms with van der Waals surface area (Å²) in [6.07, 6.45) is 0.830. The number of piperidine rings is 1. The van der Waals surface area contributed by atoms with E-state index in [1.165, 1.54) is 4.57 Å². The van der Waals surface area contributed by atoms with Crippen molar-refractivity contribution < 1.29 is 14.4 Å². The van der Waals surface area contributed by atoms with Crippen molar-refractivity contribution >= 4 is 5.91 Å². The van der Waals surface area contributed by atoms with Crippen LogP contribution in [-0.2, 0) is 11.3 Å². The van der Waals surface area contributed by atoms with Gasteiger partial charge in [0.2, 0.25) is 5.91 Å². The summed E-state index contributed by atoms with van der Waals surface area (Å²) in [5.74, 6) is 0.0736.